The Labute approximate surface area is 157 Å². The highest BCUT2D eigenvalue weighted by Gasteiger charge is 2.05. The Balaban J connectivity index is 1.90. The highest BCUT2D eigenvalue weighted by molar-refractivity contribution is 5.46. The van der Waals surface area contributed by atoms with Crippen molar-refractivity contribution in [3.63, 3.8) is 0 Å². The van der Waals surface area contributed by atoms with Gasteiger partial charge < -0.3 is 5.73 Å². The number of nitrogens with two attached hydrogens (primary N) is 1. The Bertz CT molecular complexity index is 454. The summed E-state index contributed by atoms with van der Waals surface area (Å²) in [5.74, 6) is 0.683. The number of hydrogen-bond donors (Lipinski definition) is 1. The molecule has 2 nitrogen and oxygen atoms in total. The van der Waals surface area contributed by atoms with Crippen molar-refractivity contribution >= 4 is 5.82 Å². The number of aromatic nitrogens is 1. The molecule has 0 fully saturated rings. The molecule has 2 heteroatoms. The van der Waals surface area contributed by atoms with Crippen molar-refractivity contribution in [3.05, 3.63) is 22.9 Å². The van der Waals surface area contributed by atoms with Gasteiger partial charge in [0.25, 0.3) is 0 Å². The van der Waals surface area contributed by atoms with Gasteiger partial charge in [0.2, 0.25) is 0 Å². The van der Waals surface area contributed by atoms with E-state index in [-0.39, 0.29) is 0 Å². The van der Waals surface area contributed by atoms with Gasteiger partial charge in [-0.25, -0.2) is 4.98 Å². The molecule has 1 rings (SSSR count). The summed E-state index contributed by atoms with van der Waals surface area (Å²) in [5, 5.41) is 0. The van der Waals surface area contributed by atoms with Crippen LogP contribution in [0.2, 0.25) is 0 Å². The number of aryl methyl sites for hydroxylation is 1. The lowest BCUT2D eigenvalue weighted by Gasteiger charge is -2.10. The SMILES string of the molecule is CCCCCCCCCCCCCCCCc1cnc(N)c(C)c1C. The van der Waals surface area contributed by atoms with Crippen molar-refractivity contribution < 1.29 is 0 Å². The second kappa shape index (κ2) is 14.2. The van der Waals surface area contributed by atoms with Crippen LogP contribution in [-0.2, 0) is 6.42 Å². The van der Waals surface area contributed by atoms with Crippen molar-refractivity contribution in [1.29, 1.82) is 0 Å². The quantitative estimate of drug-likeness (QED) is 0.338. The van der Waals surface area contributed by atoms with Crippen LogP contribution in [0.3, 0.4) is 0 Å². The lowest BCUT2D eigenvalue weighted by Crippen LogP contribution is -2.00. The molecule has 0 spiro atoms. The molecule has 0 atom stereocenters. The van der Waals surface area contributed by atoms with Gasteiger partial charge in [-0.05, 0) is 43.4 Å². The van der Waals surface area contributed by atoms with Crippen LogP contribution in [0.15, 0.2) is 6.20 Å². The summed E-state index contributed by atoms with van der Waals surface area (Å²) >= 11 is 0. The molecule has 0 saturated carbocycles. The van der Waals surface area contributed by atoms with Crippen LogP contribution >= 0.6 is 0 Å². The minimum atomic E-state index is 0.683. The van der Waals surface area contributed by atoms with E-state index < -0.39 is 0 Å². The molecule has 0 saturated heterocycles. The molecule has 0 aliphatic heterocycles. The fourth-order valence-corrected chi connectivity index (χ4v) is 3.54. The number of nitrogens with zero attached hydrogens (tertiary/aromatic N) is 1. The molecule has 0 aromatic carbocycles. The molecule has 0 aliphatic rings. The Morgan fingerprint density at radius 3 is 1.60 bits per heavy atom. The van der Waals surface area contributed by atoms with Crippen LogP contribution in [0.4, 0.5) is 5.82 Å². The lowest BCUT2D eigenvalue weighted by atomic mass is 9.99. The topological polar surface area (TPSA) is 38.9 Å². The maximum Gasteiger partial charge on any atom is 0.126 e. The Hall–Kier alpha value is -1.05. The Morgan fingerprint density at radius 1 is 0.680 bits per heavy atom. The van der Waals surface area contributed by atoms with E-state index in [4.69, 9.17) is 5.73 Å². The van der Waals surface area contributed by atoms with E-state index in [0.717, 1.165) is 12.0 Å². The molecule has 1 aromatic heterocycles. The lowest BCUT2D eigenvalue weighted by molar-refractivity contribution is 0.535. The third-order valence-corrected chi connectivity index (χ3v) is 5.59. The van der Waals surface area contributed by atoms with E-state index in [1.807, 2.05) is 6.20 Å². The average Bonchev–Trinajstić information content (AvgIpc) is 2.61. The standard InChI is InChI=1S/C23H42N2/c1-4-5-6-7-8-9-10-11-12-13-14-15-16-17-18-22-19-25-23(24)21(3)20(22)2/h19H,4-18H2,1-3H3,(H2,24,25). The first-order valence-corrected chi connectivity index (χ1v) is 10.9. The first-order valence-electron chi connectivity index (χ1n) is 10.9. The zero-order valence-corrected chi connectivity index (χ0v) is 17.2. The molecule has 0 radical (unpaired) electrons. The van der Waals surface area contributed by atoms with E-state index in [1.165, 1.54) is 101 Å². The zero-order valence-electron chi connectivity index (χ0n) is 17.2. The molecular formula is C23H42N2. The number of rotatable bonds is 15. The van der Waals surface area contributed by atoms with Gasteiger partial charge in [0, 0.05) is 6.20 Å². The molecule has 0 unspecified atom stereocenters. The van der Waals surface area contributed by atoms with E-state index >= 15 is 0 Å². The van der Waals surface area contributed by atoms with E-state index in [1.54, 1.807) is 0 Å². The molecule has 0 bridgehead atoms. The predicted molar refractivity (Wildman–Crippen MR) is 112 cm³/mol. The minimum absolute atomic E-state index is 0.683. The molecule has 25 heavy (non-hydrogen) atoms. The predicted octanol–water partition coefficient (Wildman–Crippen LogP) is 7.30. The van der Waals surface area contributed by atoms with E-state index in [9.17, 15) is 0 Å². The van der Waals surface area contributed by atoms with Gasteiger partial charge >= 0.3 is 0 Å². The third-order valence-electron chi connectivity index (χ3n) is 5.59. The second-order valence-electron chi connectivity index (χ2n) is 7.76. The summed E-state index contributed by atoms with van der Waals surface area (Å²) in [5.41, 5.74) is 9.73. The van der Waals surface area contributed by atoms with Crippen LogP contribution < -0.4 is 5.73 Å². The first kappa shape index (κ1) is 22.0. The molecule has 1 aromatic rings. The largest absolute Gasteiger partial charge is 0.383 e. The van der Waals surface area contributed by atoms with Crippen molar-refractivity contribution in [3.8, 4) is 0 Å². The second-order valence-corrected chi connectivity index (χ2v) is 7.76. The molecule has 0 aliphatic carbocycles. The van der Waals surface area contributed by atoms with Crippen LogP contribution in [0.25, 0.3) is 0 Å². The number of unbranched alkanes of at least 4 members (excludes halogenated alkanes) is 13. The van der Waals surface area contributed by atoms with Crippen LogP contribution in [0.5, 0.6) is 0 Å². The highest BCUT2D eigenvalue weighted by atomic mass is 14.8. The summed E-state index contributed by atoms with van der Waals surface area (Å²) in [6.07, 6.45) is 22.9. The summed E-state index contributed by atoms with van der Waals surface area (Å²) in [6, 6.07) is 0. The number of hydrogen-bond acceptors (Lipinski definition) is 2. The van der Waals surface area contributed by atoms with Crippen molar-refractivity contribution in [2.75, 3.05) is 5.73 Å². The van der Waals surface area contributed by atoms with Crippen LogP contribution in [-0.4, -0.2) is 4.98 Å². The summed E-state index contributed by atoms with van der Waals surface area (Å²) in [6.45, 7) is 6.54. The average molecular weight is 347 g/mol. The van der Waals surface area contributed by atoms with Gasteiger partial charge in [0.05, 0.1) is 0 Å². The number of pyridine rings is 1. The summed E-state index contributed by atoms with van der Waals surface area (Å²) < 4.78 is 0. The van der Waals surface area contributed by atoms with Gasteiger partial charge in [-0.3, -0.25) is 0 Å². The maximum absolute atomic E-state index is 5.86. The van der Waals surface area contributed by atoms with Crippen LogP contribution in [0.1, 0.15) is 114 Å². The molecular weight excluding hydrogens is 304 g/mol. The summed E-state index contributed by atoms with van der Waals surface area (Å²) in [7, 11) is 0. The highest BCUT2D eigenvalue weighted by Crippen LogP contribution is 2.19. The first-order chi connectivity index (χ1) is 12.2. The minimum Gasteiger partial charge on any atom is -0.383 e. The molecule has 2 N–H and O–H groups in total. The smallest absolute Gasteiger partial charge is 0.126 e. The maximum atomic E-state index is 5.86. The zero-order chi connectivity index (χ0) is 18.3. The molecule has 144 valence electrons. The third kappa shape index (κ3) is 9.87. The van der Waals surface area contributed by atoms with Crippen molar-refractivity contribution in [2.45, 2.75) is 117 Å². The normalized spacial score (nSPS) is 11.2. The van der Waals surface area contributed by atoms with Gasteiger partial charge in [0.15, 0.2) is 0 Å². The molecule has 1 heterocycles. The monoisotopic (exact) mass is 346 g/mol. The number of anilines is 1. The van der Waals surface area contributed by atoms with Gasteiger partial charge in [0.1, 0.15) is 5.82 Å². The Kier molecular flexibility index (Phi) is 12.5. The Morgan fingerprint density at radius 2 is 1.12 bits per heavy atom. The summed E-state index contributed by atoms with van der Waals surface area (Å²) in [4.78, 5) is 4.30. The van der Waals surface area contributed by atoms with Crippen LogP contribution in [0, 0.1) is 13.8 Å². The van der Waals surface area contributed by atoms with E-state index in [2.05, 4.69) is 25.8 Å². The van der Waals surface area contributed by atoms with Gasteiger partial charge in [-0.15, -0.1) is 0 Å². The van der Waals surface area contributed by atoms with E-state index in [0.29, 0.717) is 5.82 Å². The number of nitrogen functional groups attached to an aromatic ring is 1. The van der Waals surface area contributed by atoms with Crippen molar-refractivity contribution in [2.24, 2.45) is 0 Å². The van der Waals surface area contributed by atoms with Gasteiger partial charge in [-0.1, -0.05) is 90.4 Å². The van der Waals surface area contributed by atoms with Gasteiger partial charge in [-0.2, -0.15) is 0 Å². The fourth-order valence-electron chi connectivity index (χ4n) is 3.54. The molecule has 0 amide bonds. The van der Waals surface area contributed by atoms with Crippen molar-refractivity contribution in [1.82, 2.24) is 4.98 Å². The fraction of sp³-hybridized carbons (Fsp3) is 0.783.